The molecule has 0 aliphatic rings. The van der Waals surface area contributed by atoms with Gasteiger partial charge in [0, 0.05) is 4.88 Å². The first-order valence-corrected chi connectivity index (χ1v) is 8.12. The Kier molecular flexibility index (Phi) is 4.04. The van der Waals surface area contributed by atoms with Crippen molar-refractivity contribution in [2.24, 2.45) is 0 Å². The predicted octanol–water partition coefficient (Wildman–Crippen LogP) is 4.43. The van der Waals surface area contributed by atoms with Crippen molar-refractivity contribution in [2.45, 2.75) is 0 Å². The topological polar surface area (TPSA) is 66.4 Å². The van der Waals surface area contributed by atoms with Gasteiger partial charge in [0.1, 0.15) is 4.88 Å². The minimum Gasteiger partial charge on any atom is -0.477 e. The quantitative estimate of drug-likeness (QED) is 0.744. The second kappa shape index (κ2) is 6.13. The number of carbonyl (C=O) groups is 2. The second-order valence-corrected chi connectivity index (χ2v) is 6.46. The third-order valence-electron chi connectivity index (χ3n) is 2.98. The van der Waals surface area contributed by atoms with Gasteiger partial charge in [0.25, 0.3) is 5.91 Å². The van der Waals surface area contributed by atoms with Crippen LogP contribution in [0, 0.1) is 0 Å². The Hall–Kier alpha value is -2.44. The Morgan fingerprint density at radius 3 is 2.45 bits per heavy atom. The molecule has 0 spiro atoms. The normalized spacial score (nSPS) is 10.4. The van der Waals surface area contributed by atoms with Crippen LogP contribution in [0.2, 0.25) is 0 Å². The number of hydrogen-bond acceptors (Lipinski definition) is 4. The second-order valence-electron chi connectivity index (χ2n) is 4.46. The summed E-state index contributed by atoms with van der Waals surface area (Å²) in [4.78, 5) is 25.0. The summed E-state index contributed by atoms with van der Waals surface area (Å²) >= 11 is 2.46. The molecule has 0 bridgehead atoms. The number of hydrogen-bond donors (Lipinski definition) is 2. The molecule has 0 radical (unpaired) electrons. The molecule has 0 unspecified atom stereocenters. The van der Waals surface area contributed by atoms with Crippen molar-refractivity contribution in [3.05, 3.63) is 63.7 Å². The predicted molar refractivity (Wildman–Crippen MR) is 89.0 cm³/mol. The molecule has 0 fully saturated rings. The molecule has 2 aromatic heterocycles. The number of amides is 1. The average molecular weight is 329 g/mol. The van der Waals surface area contributed by atoms with Crippen molar-refractivity contribution in [1.82, 2.24) is 0 Å². The van der Waals surface area contributed by atoms with Gasteiger partial charge in [-0.1, -0.05) is 36.4 Å². The molecule has 2 heterocycles. The minimum atomic E-state index is -1.05. The van der Waals surface area contributed by atoms with Gasteiger partial charge in [-0.25, -0.2) is 4.79 Å². The van der Waals surface area contributed by atoms with Crippen LogP contribution in [0.4, 0.5) is 5.69 Å². The van der Waals surface area contributed by atoms with Crippen LogP contribution < -0.4 is 5.32 Å². The Morgan fingerprint density at radius 1 is 1.05 bits per heavy atom. The molecule has 22 heavy (non-hydrogen) atoms. The standard InChI is InChI=1S/C16H11NO3S2/c18-15(12-7-4-8-21-12)17-11-9-13(22-14(11)16(19)20)10-5-2-1-3-6-10/h1-9H,(H,17,18)(H,19,20). The monoisotopic (exact) mass is 329 g/mol. The van der Waals surface area contributed by atoms with Crippen molar-refractivity contribution in [2.75, 3.05) is 5.32 Å². The zero-order valence-corrected chi connectivity index (χ0v) is 12.9. The number of carboxylic acids is 1. The number of carbonyl (C=O) groups excluding carboxylic acids is 1. The summed E-state index contributed by atoms with van der Waals surface area (Å²) in [5, 5.41) is 13.8. The molecule has 0 aliphatic heterocycles. The van der Waals surface area contributed by atoms with E-state index in [0.717, 1.165) is 21.8 Å². The van der Waals surface area contributed by atoms with E-state index in [-0.39, 0.29) is 10.8 Å². The highest BCUT2D eigenvalue weighted by Gasteiger charge is 2.19. The van der Waals surface area contributed by atoms with Gasteiger partial charge in [0.05, 0.1) is 10.6 Å². The Morgan fingerprint density at radius 2 is 1.82 bits per heavy atom. The van der Waals surface area contributed by atoms with E-state index in [1.807, 2.05) is 30.3 Å². The van der Waals surface area contributed by atoms with Crippen LogP contribution in [-0.4, -0.2) is 17.0 Å². The van der Waals surface area contributed by atoms with Crippen LogP contribution in [0.15, 0.2) is 53.9 Å². The number of rotatable bonds is 4. The average Bonchev–Trinajstić information content (AvgIpc) is 3.17. The van der Waals surface area contributed by atoms with E-state index in [1.54, 1.807) is 23.6 Å². The van der Waals surface area contributed by atoms with Gasteiger partial charge < -0.3 is 10.4 Å². The van der Waals surface area contributed by atoms with E-state index in [0.29, 0.717) is 10.6 Å². The van der Waals surface area contributed by atoms with Crippen LogP contribution in [0.3, 0.4) is 0 Å². The van der Waals surface area contributed by atoms with Gasteiger partial charge in [-0.05, 0) is 23.1 Å². The molecule has 6 heteroatoms. The highest BCUT2D eigenvalue weighted by Crippen LogP contribution is 2.35. The third kappa shape index (κ3) is 2.93. The minimum absolute atomic E-state index is 0.128. The van der Waals surface area contributed by atoms with Gasteiger partial charge in [0.15, 0.2) is 0 Å². The lowest BCUT2D eigenvalue weighted by molar-refractivity contribution is 0.0703. The molecular weight excluding hydrogens is 318 g/mol. The summed E-state index contributed by atoms with van der Waals surface area (Å²) in [7, 11) is 0. The highest BCUT2D eigenvalue weighted by atomic mass is 32.1. The fraction of sp³-hybridized carbons (Fsp3) is 0. The van der Waals surface area contributed by atoms with Gasteiger partial charge in [-0.2, -0.15) is 0 Å². The maximum atomic E-state index is 12.1. The van der Waals surface area contributed by atoms with Crippen molar-refractivity contribution >= 4 is 40.2 Å². The summed E-state index contributed by atoms with van der Waals surface area (Å²) in [6.07, 6.45) is 0. The van der Waals surface area contributed by atoms with Crippen molar-refractivity contribution < 1.29 is 14.7 Å². The fourth-order valence-electron chi connectivity index (χ4n) is 1.98. The molecule has 1 amide bonds. The van der Waals surface area contributed by atoms with Crippen LogP contribution in [0.1, 0.15) is 19.3 Å². The van der Waals surface area contributed by atoms with Crippen molar-refractivity contribution in [1.29, 1.82) is 0 Å². The summed E-state index contributed by atoms with van der Waals surface area (Å²) in [6, 6.07) is 14.7. The third-order valence-corrected chi connectivity index (χ3v) is 5.02. The molecule has 3 rings (SSSR count). The lowest BCUT2D eigenvalue weighted by Gasteiger charge is -2.01. The van der Waals surface area contributed by atoms with Gasteiger partial charge in [-0.15, -0.1) is 22.7 Å². The van der Waals surface area contributed by atoms with Gasteiger partial charge in [0.2, 0.25) is 0 Å². The van der Waals surface area contributed by atoms with Crippen molar-refractivity contribution in [3.63, 3.8) is 0 Å². The first kappa shape index (κ1) is 14.5. The zero-order valence-electron chi connectivity index (χ0n) is 11.3. The van der Waals surface area contributed by atoms with E-state index < -0.39 is 5.97 Å². The molecule has 2 N–H and O–H groups in total. The first-order chi connectivity index (χ1) is 10.6. The number of nitrogens with one attached hydrogen (secondary N) is 1. The number of carboxylic acid groups (broad SMARTS) is 1. The van der Waals surface area contributed by atoms with E-state index in [9.17, 15) is 14.7 Å². The van der Waals surface area contributed by atoms with Crippen molar-refractivity contribution in [3.8, 4) is 10.4 Å². The summed E-state index contributed by atoms with van der Waals surface area (Å²) in [5.41, 5.74) is 1.25. The maximum absolute atomic E-state index is 12.1. The van der Waals surface area contributed by atoms with Crippen LogP contribution in [-0.2, 0) is 0 Å². The van der Waals surface area contributed by atoms with E-state index >= 15 is 0 Å². The van der Waals surface area contributed by atoms with Gasteiger partial charge >= 0.3 is 5.97 Å². The molecule has 110 valence electrons. The number of benzene rings is 1. The summed E-state index contributed by atoms with van der Waals surface area (Å²) in [5.74, 6) is -1.34. The lowest BCUT2D eigenvalue weighted by Crippen LogP contribution is -2.11. The van der Waals surface area contributed by atoms with E-state index in [1.165, 1.54) is 11.3 Å². The zero-order chi connectivity index (χ0) is 15.5. The molecule has 0 saturated heterocycles. The first-order valence-electron chi connectivity index (χ1n) is 6.42. The molecule has 4 nitrogen and oxygen atoms in total. The molecule has 0 saturated carbocycles. The molecular formula is C16H11NO3S2. The summed E-state index contributed by atoms with van der Waals surface area (Å²) < 4.78 is 0. The Balaban J connectivity index is 1.95. The van der Waals surface area contributed by atoms with Crippen LogP contribution in [0.5, 0.6) is 0 Å². The molecule has 1 aromatic carbocycles. The smallest absolute Gasteiger partial charge is 0.348 e. The maximum Gasteiger partial charge on any atom is 0.348 e. The number of thiophene rings is 2. The number of anilines is 1. The fourth-order valence-corrected chi connectivity index (χ4v) is 3.56. The molecule has 0 aliphatic carbocycles. The van der Waals surface area contributed by atoms with Crippen LogP contribution >= 0.6 is 22.7 Å². The number of aromatic carboxylic acids is 1. The molecule has 3 aromatic rings. The summed E-state index contributed by atoms with van der Waals surface area (Å²) in [6.45, 7) is 0. The van der Waals surface area contributed by atoms with E-state index in [2.05, 4.69) is 5.32 Å². The lowest BCUT2D eigenvalue weighted by atomic mass is 10.2. The Bertz CT molecular complexity index is 807. The molecule has 0 atom stereocenters. The van der Waals surface area contributed by atoms with E-state index in [4.69, 9.17) is 0 Å². The highest BCUT2D eigenvalue weighted by molar-refractivity contribution is 7.18. The van der Waals surface area contributed by atoms with Crippen LogP contribution in [0.25, 0.3) is 10.4 Å². The Labute approximate surface area is 134 Å². The van der Waals surface area contributed by atoms with Gasteiger partial charge in [-0.3, -0.25) is 4.79 Å². The largest absolute Gasteiger partial charge is 0.477 e. The SMILES string of the molecule is O=C(Nc1cc(-c2ccccc2)sc1C(=O)O)c1cccs1.